The van der Waals surface area contributed by atoms with E-state index >= 15 is 0 Å². The van der Waals surface area contributed by atoms with Crippen LogP contribution in [0.5, 0.6) is 17.2 Å². The molecule has 1 atom stereocenters. The van der Waals surface area contributed by atoms with Gasteiger partial charge in [-0.15, -0.1) is 0 Å². The third-order valence-electron chi connectivity index (χ3n) is 1.96. The average molecular weight is 199 g/mol. The average Bonchev–Trinajstić information content (AvgIpc) is 2.01. The van der Waals surface area contributed by atoms with Crippen LogP contribution in [0.15, 0.2) is 12.1 Å². The van der Waals surface area contributed by atoms with E-state index in [1.807, 2.05) is 0 Å². The number of aromatic hydroxyl groups is 3. The second kappa shape index (κ2) is 4.17. The fraction of sp³-hybridized carbons (Fsp3) is 0.333. The lowest BCUT2D eigenvalue weighted by Crippen LogP contribution is -2.08. The lowest BCUT2D eigenvalue weighted by atomic mass is 9.99. The second-order valence-electron chi connectivity index (χ2n) is 3.13. The molecule has 0 fully saturated rings. The fourth-order valence-corrected chi connectivity index (χ4v) is 1.34. The summed E-state index contributed by atoms with van der Waals surface area (Å²) in [6.07, 6.45) is 0. The molecule has 14 heavy (non-hydrogen) atoms. The molecule has 0 bridgehead atoms. The Labute approximate surface area is 81.3 Å². The minimum absolute atomic E-state index is 0.173. The summed E-state index contributed by atoms with van der Waals surface area (Å²) >= 11 is 0. The maximum atomic E-state index is 9.45. The minimum Gasteiger partial charge on any atom is -0.508 e. The summed E-state index contributed by atoms with van der Waals surface area (Å²) in [5.74, 6) is 4.10. The van der Waals surface area contributed by atoms with Crippen molar-refractivity contribution in [3.8, 4) is 17.2 Å². The molecule has 1 rings (SSSR count). The minimum atomic E-state index is -0.249. The van der Waals surface area contributed by atoms with Gasteiger partial charge < -0.3 is 20.2 Å². The number of hydrogen-bond donors (Lipinski definition) is 4. The molecule has 0 aromatic heterocycles. The Bertz CT molecular complexity index is 304. The van der Waals surface area contributed by atoms with Crippen molar-refractivity contribution in [2.75, 3.05) is 6.61 Å². The molecule has 0 heterocycles. The van der Waals surface area contributed by atoms with Gasteiger partial charge in [0.05, 0.1) is 6.61 Å². The first-order valence-corrected chi connectivity index (χ1v) is 4.12. The van der Waals surface area contributed by atoms with Gasteiger partial charge in [0.1, 0.15) is 17.2 Å². The highest BCUT2D eigenvalue weighted by atomic mass is 16.6. The molecule has 5 heteroatoms. The number of benzene rings is 1. The quantitative estimate of drug-likeness (QED) is 0.540. The molecule has 1 aromatic rings. The molecule has 0 saturated carbocycles. The summed E-state index contributed by atoms with van der Waals surface area (Å²) in [7, 11) is 0. The van der Waals surface area contributed by atoms with E-state index in [2.05, 4.69) is 4.84 Å². The number of nitrogens with two attached hydrogens (primary N) is 1. The zero-order valence-corrected chi connectivity index (χ0v) is 7.77. The van der Waals surface area contributed by atoms with Gasteiger partial charge in [-0.25, -0.2) is 5.90 Å². The molecule has 0 amide bonds. The molecule has 0 aliphatic carbocycles. The lowest BCUT2D eigenvalue weighted by molar-refractivity contribution is 0.125. The summed E-state index contributed by atoms with van der Waals surface area (Å²) in [6.45, 7) is 1.91. The largest absolute Gasteiger partial charge is 0.508 e. The Kier molecular flexibility index (Phi) is 3.16. The van der Waals surface area contributed by atoms with E-state index in [9.17, 15) is 10.2 Å². The molecule has 0 saturated heterocycles. The van der Waals surface area contributed by atoms with Crippen molar-refractivity contribution in [2.45, 2.75) is 12.8 Å². The van der Waals surface area contributed by atoms with Crippen molar-refractivity contribution >= 4 is 0 Å². The molecule has 5 N–H and O–H groups in total. The molecule has 5 nitrogen and oxygen atoms in total. The molecule has 0 spiro atoms. The maximum absolute atomic E-state index is 9.45. The Hall–Kier alpha value is -1.46. The van der Waals surface area contributed by atoms with Crippen molar-refractivity contribution in [1.82, 2.24) is 0 Å². The maximum Gasteiger partial charge on any atom is 0.126 e. The highest BCUT2D eigenvalue weighted by Gasteiger charge is 2.16. The number of phenolic OH excluding ortho intramolecular Hbond substituents is 3. The van der Waals surface area contributed by atoms with Crippen LogP contribution in [0.1, 0.15) is 18.4 Å². The van der Waals surface area contributed by atoms with Crippen molar-refractivity contribution < 1.29 is 20.2 Å². The summed E-state index contributed by atoms with van der Waals surface area (Å²) in [5.41, 5.74) is 0.313. The Balaban J connectivity index is 3.07. The van der Waals surface area contributed by atoms with Gasteiger partial charge in [0.25, 0.3) is 0 Å². The molecular formula is C9H13NO4. The summed E-state index contributed by atoms with van der Waals surface area (Å²) in [6, 6.07) is 2.31. The monoisotopic (exact) mass is 199 g/mol. The molecule has 0 radical (unpaired) electrons. The number of rotatable bonds is 3. The van der Waals surface area contributed by atoms with Gasteiger partial charge in [-0.2, -0.15) is 0 Å². The van der Waals surface area contributed by atoms with Gasteiger partial charge in [-0.1, -0.05) is 6.92 Å². The van der Waals surface area contributed by atoms with E-state index in [4.69, 9.17) is 11.0 Å². The van der Waals surface area contributed by atoms with Gasteiger partial charge in [-0.3, -0.25) is 0 Å². The SMILES string of the molecule is CC(CON)c1c(O)cc(O)cc1O. The van der Waals surface area contributed by atoms with Crippen LogP contribution in [0, 0.1) is 0 Å². The van der Waals surface area contributed by atoms with Crippen molar-refractivity contribution in [1.29, 1.82) is 0 Å². The second-order valence-corrected chi connectivity index (χ2v) is 3.13. The van der Waals surface area contributed by atoms with Crippen LogP contribution in [0.4, 0.5) is 0 Å². The molecule has 0 aliphatic rings. The van der Waals surface area contributed by atoms with Crippen LogP contribution in [0.2, 0.25) is 0 Å². The third kappa shape index (κ3) is 2.07. The van der Waals surface area contributed by atoms with Crippen molar-refractivity contribution in [3.05, 3.63) is 17.7 Å². The van der Waals surface area contributed by atoms with E-state index in [1.165, 1.54) is 0 Å². The van der Waals surface area contributed by atoms with Gasteiger partial charge in [-0.05, 0) is 0 Å². The lowest BCUT2D eigenvalue weighted by Gasteiger charge is -2.13. The first kappa shape index (κ1) is 10.6. The molecular weight excluding hydrogens is 186 g/mol. The van der Waals surface area contributed by atoms with E-state index in [-0.39, 0.29) is 29.8 Å². The third-order valence-corrected chi connectivity index (χ3v) is 1.96. The summed E-state index contributed by atoms with van der Waals surface area (Å²) in [4.78, 5) is 4.41. The van der Waals surface area contributed by atoms with Gasteiger partial charge in [0, 0.05) is 23.6 Å². The topological polar surface area (TPSA) is 95.9 Å². The highest BCUT2D eigenvalue weighted by Crippen LogP contribution is 2.37. The van der Waals surface area contributed by atoms with Crippen molar-refractivity contribution in [3.63, 3.8) is 0 Å². The molecule has 1 aromatic carbocycles. The van der Waals surface area contributed by atoms with Gasteiger partial charge in [0.15, 0.2) is 0 Å². The van der Waals surface area contributed by atoms with E-state index < -0.39 is 0 Å². The van der Waals surface area contributed by atoms with Gasteiger partial charge >= 0.3 is 0 Å². The number of phenols is 3. The molecule has 1 unspecified atom stereocenters. The van der Waals surface area contributed by atoms with E-state index in [0.717, 1.165) is 12.1 Å². The number of hydrogen-bond acceptors (Lipinski definition) is 5. The highest BCUT2D eigenvalue weighted by molar-refractivity contribution is 5.50. The Morgan fingerprint density at radius 3 is 2.21 bits per heavy atom. The van der Waals surface area contributed by atoms with Crippen LogP contribution < -0.4 is 5.90 Å². The van der Waals surface area contributed by atoms with E-state index in [0.29, 0.717) is 5.56 Å². The van der Waals surface area contributed by atoms with Crippen LogP contribution in [0.25, 0.3) is 0 Å². The fourth-order valence-electron chi connectivity index (χ4n) is 1.34. The summed E-state index contributed by atoms with van der Waals surface area (Å²) < 4.78 is 0. The Morgan fingerprint density at radius 1 is 1.29 bits per heavy atom. The first-order valence-electron chi connectivity index (χ1n) is 4.12. The normalized spacial score (nSPS) is 12.7. The van der Waals surface area contributed by atoms with Crippen LogP contribution >= 0.6 is 0 Å². The summed E-state index contributed by atoms with van der Waals surface area (Å²) in [5, 5.41) is 28.0. The zero-order valence-electron chi connectivity index (χ0n) is 7.77. The Morgan fingerprint density at radius 2 is 1.79 bits per heavy atom. The molecule has 78 valence electrons. The van der Waals surface area contributed by atoms with Crippen molar-refractivity contribution in [2.24, 2.45) is 5.90 Å². The smallest absolute Gasteiger partial charge is 0.126 e. The predicted molar refractivity (Wildman–Crippen MR) is 50.0 cm³/mol. The van der Waals surface area contributed by atoms with E-state index in [1.54, 1.807) is 6.92 Å². The molecule has 0 aliphatic heterocycles. The predicted octanol–water partition coefficient (Wildman–Crippen LogP) is 0.797. The van der Waals surface area contributed by atoms with Crippen LogP contribution in [-0.2, 0) is 4.84 Å². The standard InChI is InChI=1S/C9H13NO4/c1-5(4-14-10)9-7(12)2-6(11)3-8(9)13/h2-3,5,11-13H,4,10H2,1H3. The van der Waals surface area contributed by atoms with Crippen LogP contribution in [0.3, 0.4) is 0 Å². The zero-order chi connectivity index (χ0) is 10.7. The van der Waals surface area contributed by atoms with Gasteiger partial charge in [0.2, 0.25) is 0 Å². The van der Waals surface area contributed by atoms with Crippen LogP contribution in [-0.4, -0.2) is 21.9 Å². The first-order chi connectivity index (χ1) is 6.56.